The predicted octanol–water partition coefficient (Wildman–Crippen LogP) is 2.56. The third kappa shape index (κ3) is 1.61. The molecule has 2 aromatic heterocycles. The van der Waals surface area contributed by atoms with Crippen molar-refractivity contribution in [1.82, 2.24) is 10.2 Å². The second kappa shape index (κ2) is 3.75. The van der Waals surface area contributed by atoms with Crippen molar-refractivity contribution in [3.8, 4) is 11.3 Å². The number of aryl methyl sites for hydroxylation is 1. The van der Waals surface area contributed by atoms with E-state index in [2.05, 4.69) is 33.9 Å². The Labute approximate surface area is 86.8 Å². The topological polar surface area (TPSA) is 37.8 Å². The second-order valence-electron chi connectivity index (χ2n) is 2.94. The highest BCUT2D eigenvalue weighted by Gasteiger charge is 2.04. The molecule has 14 heavy (non-hydrogen) atoms. The molecule has 0 aliphatic carbocycles. The smallest absolute Gasteiger partial charge is 0.148 e. The fourth-order valence-corrected chi connectivity index (χ4v) is 1.97. The van der Waals surface area contributed by atoms with E-state index in [9.17, 15) is 0 Å². The van der Waals surface area contributed by atoms with Crippen molar-refractivity contribution in [3.05, 3.63) is 28.5 Å². The maximum absolute atomic E-state index is 4.15. The van der Waals surface area contributed by atoms with Crippen molar-refractivity contribution in [3.63, 3.8) is 0 Å². The first kappa shape index (κ1) is 9.15. The second-order valence-corrected chi connectivity index (χ2v) is 4.06. The van der Waals surface area contributed by atoms with Gasteiger partial charge in [0.05, 0.1) is 5.69 Å². The van der Waals surface area contributed by atoms with Crippen LogP contribution < -0.4 is 5.32 Å². The number of hydrogen-bond donors (Lipinski definition) is 1. The molecule has 72 valence electrons. The lowest BCUT2D eigenvalue weighted by atomic mass is 10.2. The van der Waals surface area contributed by atoms with Gasteiger partial charge in [-0.1, -0.05) is 0 Å². The Balaban J connectivity index is 2.39. The van der Waals surface area contributed by atoms with E-state index in [1.54, 1.807) is 11.3 Å². The summed E-state index contributed by atoms with van der Waals surface area (Å²) in [4.78, 5) is 1.27. The maximum atomic E-state index is 4.15. The molecule has 0 amide bonds. The minimum atomic E-state index is 0.793. The number of rotatable bonds is 2. The molecule has 0 saturated heterocycles. The quantitative estimate of drug-likeness (QED) is 0.818. The van der Waals surface area contributed by atoms with Crippen LogP contribution in [0.15, 0.2) is 23.6 Å². The van der Waals surface area contributed by atoms with Crippen molar-refractivity contribution >= 4 is 17.2 Å². The van der Waals surface area contributed by atoms with E-state index in [1.807, 2.05) is 19.2 Å². The summed E-state index contributed by atoms with van der Waals surface area (Å²) >= 11 is 1.73. The van der Waals surface area contributed by atoms with E-state index in [0.29, 0.717) is 0 Å². The number of anilines is 1. The molecule has 2 rings (SSSR count). The fraction of sp³-hybridized carbons (Fsp3) is 0.200. The van der Waals surface area contributed by atoms with E-state index in [4.69, 9.17) is 0 Å². The van der Waals surface area contributed by atoms with Crippen LogP contribution in [0.4, 0.5) is 5.82 Å². The first-order chi connectivity index (χ1) is 6.81. The number of thiophene rings is 1. The van der Waals surface area contributed by atoms with Crippen LogP contribution in [0, 0.1) is 6.92 Å². The monoisotopic (exact) mass is 205 g/mol. The van der Waals surface area contributed by atoms with Crippen LogP contribution in [-0.4, -0.2) is 17.2 Å². The lowest BCUT2D eigenvalue weighted by molar-refractivity contribution is 1.04. The van der Waals surface area contributed by atoms with Gasteiger partial charge in [-0.3, -0.25) is 0 Å². The molecule has 0 aliphatic heterocycles. The van der Waals surface area contributed by atoms with E-state index in [0.717, 1.165) is 11.5 Å². The van der Waals surface area contributed by atoms with Gasteiger partial charge in [-0.05, 0) is 30.5 Å². The Morgan fingerprint density at radius 1 is 1.21 bits per heavy atom. The van der Waals surface area contributed by atoms with Crippen molar-refractivity contribution in [2.45, 2.75) is 6.92 Å². The van der Waals surface area contributed by atoms with Crippen molar-refractivity contribution < 1.29 is 0 Å². The lowest BCUT2D eigenvalue weighted by Gasteiger charge is -2.00. The summed E-state index contributed by atoms with van der Waals surface area (Å²) in [6.45, 7) is 2.09. The largest absolute Gasteiger partial charge is 0.372 e. The minimum absolute atomic E-state index is 0.793. The van der Waals surface area contributed by atoms with Crippen LogP contribution in [0.5, 0.6) is 0 Å². The molecule has 0 unspecified atom stereocenters. The zero-order valence-electron chi connectivity index (χ0n) is 8.11. The third-order valence-electron chi connectivity index (χ3n) is 2.06. The molecule has 2 aromatic rings. The Hall–Kier alpha value is -1.42. The van der Waals surface area contributed by atoms with E-state index in [-0.39, 0.29) is 0 Å². The average Bonchev–Trinajstić information content (AvgIpc) is 2.65. The van der Waals surface area contributed by atoms with Gasteiger partial charge in [0.25, 0.3) is 0 Å². The van der Waals surface area contributed by atoms with Gasteiger partial charge in [0.15, 0.2) is 0 Å². The summed E-state index contributed by atoms with van der Waals surface area (Å²) in [6.07, 6.45) is 0. The molecule has 0 atom stereocenters. The van der Waals surface area contributed by atoms with Crippen molar-refractivity contribution in [2.75, 3.05) is 12.4 Å². The summed E-state index contributed by atoms with van der Waals surface area (Å²) in [6, 6.07) is 5.98. The van der Waals surface area contributed by atoms with Gasteiger partial charge in [0.2, 0.25) is 0 Å². The number of nitrogens with one attached hydrogen (secondary N) is 1. The van der Waals surface area contributed by atoms with Crippen LogP contribution in [0.3, 0.4) is 0 Å². The van der Waals surface area contributed by atoms with Gasteiger partial charge in [0, 0.05) is 17.5 Å². The molecule has 0 spiro atoms. The molecule has 0 saturated carbocycles. The molecule has 0 radical (unpaired) electrons. The van der Waals surface area contributed by atoms with Gasteiger partial charge in [-0.25, -0.2) is 0 Å². The van der Waals surface area contributed by atoms with Crippen LogP contribution in [0.1, 0.15) is 4.88 Å². The summed E-state index contributed by atoms with van der Waals surface area (Å²) in [7, 11) is 1.83. The Kier molecular flexibility index (Phi) is 2.45. The Bertz CT molecular complexity index is 419. The molecular formula is C10H11N3S. The molecule has 0 aromatic carbocycles. The van der Waals surface area contributed by atoms with E-state index < -0.39 is 0 Å². The normalized spacial score (nSPS) is 10.1. The molecule has 2 heterocycles. The number of hydrogen-bond acceptors (Lipinski definition) is 4. The molecule has 0 aliphatic rings. The first-order valence-corrected chi connectivity index (χ1v) is 5.25. The van der Waals surface area contributed by atoms with Gasteiger partial charge in [0.1, 0.15) is 5.82 Å². The molecule has 3 nitrogen and oxygen atoms in total. The number of nitrogens with zero attached hydrogens (tertiary/aromatic N) is 2. The van der Waals surface area contributed by atoms with E-state index >= 15 is 0 Å². The van der Waals surface area contributed by atoms with Crippen LogP contribution >= 0.6 is 11.3 Å². The number of aromatic nitrogens is 2. The van der Waals surface area contributed by atoms with Gasteiger partial charge >= 0.3 is 0 Å². The third-order valence-corrected chi connectivity index (χ3v) is 2.90. The van der Waals surface area contributed by atoms with Crippen LogP contribution in [0.25, 0.3) is 11.3 Å². The SMILES string of the molecule is CNc1ccc(-c2ccsc2C)nn1. The predicted molar refractivity (Wildman–Crippen MR) is 59.6 cm³/mol. The van der Waals surface area contributed by atoms with Crippen molar-refractivity contribution in [2.24, 2.45) is 0 Å². The highest BCUT2D eigenvalue weighted by Crippen LogP contribution is 2.25. The van der Waals surface area contributed by atoms with Gasteiger partial charge in [-0.15, -0.1) is 21.5 Å². The first-order valence-electron chi connectivity index (χ1n) is 4.37. The zero-order chi connectivity index (χ0) is 9.97. The Morgan fingerprint density at radius 3 is 2.57 bits per heavy atom. The highest BCUT2D eigenvalue weighted by molar-refractivity contribution is 7.10. The molecule has 0 bridgehead atoms. The maximum Gasteiger partial charge on any atom is 0.148 e. The van der Waals surface area contributed by atoms with Crippen molar-refractivity contribution in [1.29, 1.82) is 0 Å². The van der Waals surface area contributed by atoms with E-state index in [1.165, 1.54) is 10.4 Å². The molecule has 1 N–H and O–H groups in total. The fourth-order valence-electron chi connectivity index (χ4n) is 1.26. The van der Waals surface area contributed by atoms with Gasteiger partial charge < -0.3 is 5.32 Å². The highest BCUT2D eigenvalue weighted by atomic mass is 32.1. The molecular weight excluding hydrogens is 194 g/mol. The molecule has 4 heteroatoms. The lowest BCUT2D eigenvalue weighted by Crippen LogP contribution is -1.94. The summed E-state index contributed by atoms with van der Waals surface area (Å²) in [5.41, 5.74) is 2.10. The summed E-state index contributed by atoms with van der Waals surface area (Å²) in [5.74, 6) is 0.793. The average molecular weight is 205 g/mol. The molecule has 0 fully saturated rings. The van der Waals surface area contributed by atoms with Crippen LogP contribution in [0.2, 0.25) is 0 Å². The van der Waals surface area contributed by atoms with Gasteiger partial charge in [-0.2, -0.15) is 0 Å². The zero-order valence-corrected chi connectivity index (χ0v) is 8.93. The summed E-state index contributed by atoms with van der Waals surface area (Å²) < 4.78 is 0. The Morgan fingerprint density at radius 2 is 2.07 bits per heavy atom. The minimum Gasteiger partial charge on any atom is -0.372 e. The standard InChI is InChI=1S/C10H11N3S/c1-7-8(5-6-14-7)9-3-4-10(11-2)13-12-9/h3-6H,1-2H3,(H,11,13). The summed E-state index contributed by atoms with van der Waals surface area (Å²) in [5, 5.41) is 13.2. The van der Waals surface area contributed by atoms with Crippen LogP contribution in [-0.2, 0) is 0 Å².